The van der Waals surface area contributed by atoms with Gasteiger partial charge in [0.2, 0.25) is 0 Å². The Balaban J connectivity index is 2.80. The fraction of sp³-hybridized carbons (Fsp3) is 0.444. The van der Waals surface area contributed by atoms with Crippen LogP contribution >= 0.6 is 22.6 Å². The second kappa shape index (κ2) is 3.52. The van der Waals surface area contributed by atoms with Crippen LogP contribution in [0.5, 0.6) is 0 Å². The van der Waals surface area contributed by atoms with Crippen molar-refractivity contribution >= 4 is 28.4 Å². The van der Waals surface area contributed by atoms with Crippen molar-refractivity contribution in [2.45, 2.75) is 17.8 Å². The molecule has 0 aromatic rings. The maximum Gasteiger partial charge on any atom is 0.159 e. The van der Waals surface area contributed by atoms with Crippen molar-refractivity contribution in [2.75, 3.05) is 0 Å². The van der Waals surface area contributed by atoms with Crippen LogP contribution < -0.4 is 0 Å². The van der Waals surface area contributed by atoms with Gasteiger partial charge in [0.1, 0.15) is 0 Å². The Hall–Kier alpha value is -0.120. The lowest BCUT2D eigenvalue weighted by Crippen LogP contribution is -2.11. The first-order valence-electron chi connectivity index (χ1n) is 3.66. The lowest BCUT2D eigenvalue weighted by molar-refractivity contribution is -0.113. The van der Waals surface area contributed by atoms with Crippen LogP contribution in [0.2, 0.25) is 0 Å². The largest absolute Gasteiger partial charge is 0.295 e. The van der Waals surface area contributed by atoms with E-state index in [0.717, 1.165) is 5.57 Å². The van der Waals surface area contributed by atoms with Gasteiger partial charge in [-0.1, -0.05) is 47.7 Å². The van der Waals surface area contributed by atoms with E-state index < -0.39 is 0 Å². The van der Waals surface area contributed by atoms with Crippen molar-refractivity contribution < 1.29 is 4.79 Å². The van der Waals surface area contributed by atoms with Crippen molar-refractivity contribution in [1.82, 2.24) is 0 Å². The van der Waals surface area contributed by atoms with Gasteiger partial charge in [0.25, 0.3) is 0 Å². The van der Waals surface area contributed by atoms with Crippen molar-refractivity contribution in [3.8, 4) is 0 Å². The zero-order chi connectivity index (χ0) is 8.43. The van der Waals surface area contributed by atoms with Gasteiger partial charge in [-0.25, -0.2) is 0 Å². The maximum atomic E-state index is 10.9. The normalized spacial score (nSPS) is 29.9. The van der Waals surface area contributed by atoms with E-state index in [0.29, 0.717) is 9.84 Å². The number of rotatable bonds is 1. The van der Waals surface area contributed by atoms with Crippen LogP contribution in [0.3, 0.4) is 0 Å². The monoisotopic (exact) mass is 262 g/mol. The topological polar surface area (TPSA) is 17.1 Å². The van der Waals surface area contributed by atoms with Gasteiger partial charge in [0, 0.05) is 9.50 Å². The summed E-state index contributed by atoms with van der Waals surface area (Å²) in [5, 5.41) is 0. The summed E-state index contributed by atoms with van der Waals surface area (Å²) in [5.74, 6) is 0.716. The molecule has 1 rings (SSSR count). The maximum absolute atomic E-state index is 10.9. The quantitative estimate of drug-likeness (QED) is 0.524. The average molecular weight is 262 g/mol. The van der Waals surface area contributed by atoms with Crippen molar-refractivity contribution in [1.29, 1.82) is 0 Å². The second-order valence-electron chi connectivity index (χ2n) is 2.84. The molecule has 1 aliphatic carbocycles. The van der Waals surface area contributed by atoms with Crippen LogP contribution in [-0.4, -0.2) is 9.71 Å². The fourth-order valence-corrected chi connectivity index (χ4v) is 1.60. The van der Waals surface area contributed by atoms with Crippen LogP contribution in [-0.2, 0) is 4.79 Å². The van der Waals surface area contributed by atoms with Gasteiger partial charge < -0.3 is 0 Å². The predicted octanol–water partition coefficient (Wildman–Crippen LogP) is 2.51. The van der Waals surface area contributed by atoms with E-state index in [9.17, 15) is 4.79 Å². The van der Waals surface area contributed by atoms with E-state index in [1.54, 1.807) is 6.92 Å². The third-order valence-corrected chi connectivity index (χ3v) is 3.32. The number of hydrogen-bond donors (Lipinski definition) is 0. The minimum Gasteiger partial charge on any atom is -0.295 e. The van der Waals surface area contributed by atoms with E-state index in [-0.39, 0.29) is 5.78 Å². The highest BCUT2D eigenvalue weighted by molar-refractivity contribution is 14.1. The van der Waals surface area contributed by atoms with Gasteiger partial charge in [-0.15, -0.1) is 0 Å². The molecule has 0 saturated carbocycles. The number of Topliss-reactive ketones (excluding diaryl/α,β-unsaturated/α-hetero) is 1. The molecule has 0 radical (unpaired) electrons. The molecule has 2 atom stereocenters. The molecule has 0 saturated heterocycles. The molecule has 1 nitrogen and oxygen atoms in total. The molecular formula is C9H11IO. The zero-order valence-electron chi connectivity index (χ0n) is 6.67. The van der Waals surface area contributed by atoms with Crippen LogP contribution in [0.15, 0.2) is 23.8 Å². The Morgan fingerprint density at radius 2 is 2.27 bits per heavy atom. The zero-order valence-corrected chi connectivity index (χ0v) is 8.83. The molecule has 0 aromatic carbocycles. The fourth-order valence-electron chi connectivity index (χ4n) is 0.975. The highest BCUT2D eigenvalue weighted by atomic mass is 127. The molecule has 0 aliphatic heterocycles. The number of alkyl halides is 1. The van der Waals surface area contributed by atoms with Crippen molar-refractivity contribution in [2.24, 2.45) is 5.92 Å². The van der Waals surface area contributed by atoms with Gasteiger partial charge in [0.15, 0.2) is 5.78 Å². The van der Waals surface area contributed by atoms with E-state index in [1.807, 2.05) is 12.2 Å². The Morgan fingerprint density at radius 3 is 2.73 bits per heavy atom. The lowest BCUT2D eigenvalue weighted by Gasteiger charge is -2.15. The summed E-state index contributed by atoms with van der Waals surface area (Å²) >= 11 is 2.35. The molecule has 0 amide bonds. The third kappa shape index (κ3) is 2.15. The standard InChI is InChI=1S/C9H11IO/c1-6-3-4-8(7(2)11)5-9(6)10/h3-6,9H,1-2H3/t6?,9-/m1/s1. The number of carbonyl (C=O) groups excluding carboxylic acids is 1. The van der Waals surface area contributed by atoms with Crippen LogP contribution in [0.4, 0.5) is 0 Å². The van der Waals surface area contributed by atoms with Crippen molar-refractivity contribution in [3.05, 3.63) is 23.8 Å². The van der Waals surface area contributed by atoms with Gasteiger partial charge in [-0.05, 0) is 12.8 Å². The van der Waals surface area contributed by atoms with Crippen LogP contribution in [0.1, 0.15) is 13.8 Å². The molecule has 1 aliphatic rings. The number of carbonyl (C=O) groups is 1. The highest BCUT2D eigenvalue weighted by Crippen LogP contribution is 2.23. The third-order valence-electron chi connectivity index (χ3n) is 1.83. The Morgan fingerprint density at radius 1 is 1.64 bits per heavy atom. The van der Waals surface area contributed by atoms with E-state index in [1.165, 1.54) is 0 Å². The number of halogens is 1. The summed E-state index contributed by atoms with van der Waals surface area (Å²) in [6.07, 6.45) is 6.05. The van der Waals surface area contributed by atoms with Gasteiger partial charge in [-0.3, -0.25) is 4.79 Å². The minimum atomic E-state index is 0.162. The molecule has 0 fully saturated rings. The molecule has 60 valence electrons. The lowest BCUT2D eigenvalue weighted by atomic mass is 9.97. The Bertz CT molecular complexity index is 228. The van der Waals surface area contributed by atoms with E-state index in [2.05, 4.69) is 35.6 Å². The number of ketones is 1. The highest BCUT2D eigenvalue weighted by Gasteiger charge is 2.14. The molecule has 0 aromatic heterocycles. The van der Waals surface area contributed by atoms with Gasteiger partial charge in [0.05, 0.1) is 0 Å². The number of allylic oxidation sites excluding steroid dienone is 4. The second-order valence-corrected chi connectivity index (χ2v) is 4.28. The first-order chi connectivity index (χ1) is 5.11. The predicted molar refractivity (Wildman–Crippen MR) is 54.9 cm³/mol. The molecule has 0 bridgehead atoms. The molecular weight excluding hydrogens is 251 g/mol. The summed E-state index contributed by atoms with van der Waals surface area (Å²) in [6.45, 7) is 3.76. The molecule has 0 spiro atoms. The van der Waals surface area contributed by atoms with Gasteiger partial charge in [-0.2, -0.15) is 0 Å². The minimum absolute atomic E-state index is 0.162. The van der Waals surface area contributed by atoms with Crippen molar-refractivity contribution in [3.63, 3.8) is 0 Å². The molecule has 1 unspecified atom stereocenters. The molecule has 0 N–H and O–H groups in total. The molecule has 11 heavy (non-hydrogen) atoms. The molecule has 2 heteroatoms. The number of hydrogen-bond acceptors (Lipinski definition) is 1. The summed E-state index contributed by atoms with van der Waals surface area (Å²) in [6, 6.07) is 0. The summed E-state index contributed by atoms with van der Waals surface area (Å²) in [5.41, 5.74) is 0.850. The van der Waals surface area contributed by atoms with E-state index in [4.69, 9.17) is 0 Å². The summed E-state index contributed by atoms with van der Waals surface area (Å²) in [7, 11) is 0. The first-order valence-corrected chi connectivity index (χ1v) is 4.91. The summed E-state index contributed by atoms with van der Waals surface area (Å²) < 4.78 is 0.469. The van der Waals surface area contributed by atoms with Crippen LogP contribution in [0.25, 0.3) is 0 Å². The van der Waals surface area contributed by atoms with Gasteiger partial charge >= 0.3 is 0 Å². The Kier molecular flexibility index (Phi) is 2.87. The molecule has 0 heterocycles. The first kappa shape index (κ1) is 8.97. The SMILES string of the molecule is CC(=O)C1=C[C@@H](I)C(C)C=C1. The average Bonchev–Trinajstić information content (AvgIpc) is 1.94. The van der Waals surface area contributed by atoms with Crippen LogP contribution in [0, 0.1) is 5.92 Å². The Labute approximate surface area is 80.7 Å². The van der Waals surface area contributed by atoms with E-state index >= 15 is 0 Å². The smallest absolute Gasteiger partial charge is 0.159 e. The summed E-state index contributed by atoms with van der Waals surface area (Å²) in [4.78, 5) is 10.9.